The molecule has 1 aromatic heterocycles. The fourth-order valence-corrected chi connectivity index (χ4v) is 1.95. The molecule has 0 saturated heterocycles. The minimum Gasteiger partial charge on any atom is -0.281 e. The van der Waals surface area contributed by atoms with Gasteiger partial charge in [-0.1, -0.05) is 0 Å². The van der Waals surface area contributed by atoms with Crippen LogP contribution in [0.25, 0.3) is 0 Å². The van der Waals surface area contributed by atoms with Crippen molar-refractivity contribution < 1.29 is 21.8 Å². The molecule has 3 nitrogen and oxygen atoms in total. The third-order valence-corrected chi connectivity index (χ3v) is 3.18. The van der Waals surface area contributed by atoms with Crippen molar-refractivity contribution in [1.29, 1.82) is 0 Å². The second-order valence-corrected chi connectivity index (χ2v) is 4.16. The van der Waals surface area contributed by atoms with Crippen LogP contribution < -0.4 is 0 Å². The van der Waals surface area contributed by atoms with Gasteiger partial charge in [-0.25, -0.2) is 8.78 Å². The van der Waals surface area contributed by atoms with E-state index < -0.39 is 26.0 Å². The molecular weight excluding hydrogens is 198 g/mol. The molecule has 1 heterocycles. The molecule has 0 aromatic carbocycles. The van der Waals surface area contributed by atoms with Crippen molar-refractivity contribution in [2.75, 3.05) is 0 Å². The van der Waals surface area contributed by atoms with Crippen molar-refractivity contribution in [2.45, 2.75) is 4.21 Å². The van der Waals surface area contributed by atoms with E-state index in [1.54, 1.807) is 0 Å². The first-order valence-corrected chi connectivity index (χ1v) is 4.65. The highest BCUT2D eigenvalue weighted by Gasteiger charge is 2.21. The van der Waals surface area contributed by atoms with Crippen LogP contribution in [0, 0.1) is 11.6 Å². The fourth-order valence-electron chi connectivity index (χ4n) is 0.480. The molecular formula is C4H2F2O3S2. The van der Waals surface area contributed by atoms with Crippen molar-refractivity contribution in [2.24, 2.45) is 0 Å². The van der Waals surface area contributed by atoms with E-state index in [1.165, 1.54) is 0 Å². The predicted octanol–water partition coefficient (Wildman–Crippen LogP) is 1.27. The average molecular weight is 200 g/mol. The van der Waals surface area contributed by atoms with Crippen molar-refractivity contribution in [1.82, 2.24) is 0 Å². The number of hydrogen-bond donors (Lipinski definition) is 1. The highest BCUT2D eigenvalue weighted by atomic mass is 32.3. The summed E-state index contributed by atoms with van der Waals surface area (Å²) in [5, 5.41) is 0.665. The van der Waals surface area contributed by atoms with Gasteiger partial charge in [0.25, 0.3) is 0 Å². The Bertz CT molecular complexity index is 367. The van der Waals surface area contributed by atoms with Crippen LogP contribution in [0.2, 0.25) is 0 Å². The Morgan fingerprint density at radius 3 is 2.18 bits per heavy atom. The smallest absolute Gasteiger partial charge is 0.281 e. The summed E-state index contributed by atoms with van der Waals surface area (Å²) in [6, 6.07) is 0. The summed E-state index contributed by atoms with van der Waals surface area (Å²) in [4.78, 5) is 0. The molecule has 0 bridgehead atoms. The number of hydrogen-bond acceptors (Lipinski definition) is 3. The first-order valence-electron chi connectivity index (χ1n) is 2.33. The van der Waals surface area contributed by atoms with Gasteiger partial charge >= 0.3 is 10.1 Å². The summed E-state index contributed by atoms with van der Waals surface area (Å²) in [7, 11) is -4.61. The first kappa shape index (κ1) is 8.57. The third kappa shape index (κ3) is 1.55. The molecule has 0 aliphatic heterocycles. The lowest BCUT2D eigenvalue weighted by Crippen LogP contribution is -1.97. The summed E-state index contributed by atoms with van der Waals surface area (Å²) in [5.41, 5.74) is 0. The lowest BCUT2D eigenvalue weighted by molar-refractivity contribution is 0.464. The minimum absolute atomic E-state index is 0.295. The second kappa shape index (κ2) is 2.50. The Kier molecular flexibility index (Phi) is 1.95. The van der Waals surface area contributed by atoms with Crippen LogP contribution in [0.15, 0.2) is 9.59 Å². The maximum atomic E-state index is 12.4. The molecule has 1 N–H and O–H groups in total. The zero-order valence-corrected chi connectivity index (χ0v) is 6.55. The molecule has 7 heteroatoms. The van der Waals surface area contributed by atoms with E-state index in [0.717, 1.165) is 0 Å². The topological polar surface area (TPSA) is 54.4 Å². The Morgan fingerprint density at radius 1 is 1.45 bits per heavy atom. The molecule has 0 aliphatic carbocycles. The Labute approximate surface area is 65.0 Å². The molecule has 0 atom stereocenters. The highest BCUT2D eigenvalue weighted by Crippen LogP contribution is 2.23. The molecule has 0 saturated carbocycles. The number of halogens is 2. The van der Waals surface area contributed by atoms with Crippen molar-refractivity contribution in [3.63, 3.8) is 0 Å². The van der Waals surface area contributed by atoms with E-state index in [4.69, 9.17) is 4.55 Å². The third-order valence-electron chi connectivity index (χ3n) is 0.893. The van der Waals surface area contributed by atoms with E-state index in [9.17, 15) is 17.2 Å². The fraction of sp³-hybridized carbons (Fsp3) is 0. The summed E-state index contributed by atoms with van der Waals surface area (Å²) in [5.74, 6) is -2.81. The van der Waals surface area contributed by atoms with Crippen LogP contribution in [-0.4, -0.2) is 13.0 Å². The van der Waals surface area contributed by atoms with Gasteiger partial charge in [-0.2, -0.15) is 8.42 Å². The summed E-state index contributed by atoms with van der Waals surface area (Å²) < 4.78 is 52.2. The molecule has 0 spiro atoms. The number of rotatable bonds is 1. The zero-order valence-electron chi connectivity index (χ0n) is 4.91. The van der Waals surface area contributed by atoms with Crippen LogP contribution >= 0.6 is 11.3 Å². The monoisotopic (exact) mass is 200 g/mol. The maximum absolute atomic E-state index is 12.4. The largest absolute Gasteiger partial charge is 0.307 e. The van der Waals surface area contributed by atoms with Gasteiger partial charge in [-0.05, 0) is 0 Å². The van der Waals surface area contributed by atoms with Gasteiger partial charge in [-0.3, -0.25) is 4.55 Å². The van der Waals surface area contributed by atoms with E-state index >= 15 is 0 Å². The lowest BCUT2D eigenvalue weighted by Gasteiger charge is -1.88. The lowest BCUT2D eigenvalue weighted by atomic mass is 10.6. The molecule has 0 amide bonds. The van der Waals surface area contributed by atoms with Crippen molar-refractivity contribution in [3.05, 3.63) is 17.0 Å². The molecule has 1 rings (SSSR count). The molecule has 0 fully saturated rings. The van der Waals surface area contributed by atoms with Gasteiger partial charge in [0.05, 0.1) is 0 Å². The van der Waals surface area contributed by atoms with E-state index in [1.807, 2.05) is 0 Å². The summed E-state index contributed by atoms with van der Waals surface area (Å²) in [6.07, 6.45) is 0. The zero-order chi connectivity index (χ0) is 8.65. The standard InChI is InChI=1S/C4H2F2O3S2/c5-2-1-10-4(3(2)6)11(7,8)9/h1H,(H,7,8,9). The van der Waals surface area contributed by atoms with Crippen LogP contribution in [0.1, 0.15) is 0 Å². The highest BCUT2D eigenvalue weighted by molar-refractivity contribution is 7.88. The van der Waals surface area contributed by atoms with Crippen molar-refractivity contribution in [3.8, 4) is 0 Å². The van der Waals surface area contributed by atoms with Gasteiger partial charge in [0.15, 0.2) is 15.8 Å². The molecule has 0 radical (unpaired) electrons. The van der Waals surface area contributed by atoms with Gasteiger partial charge in [0.1, 0.15) is 0 Å². The molecule has 62 valence electrons. The molecule has 0 unspecified atom stereocenters. The maximum Gasteiger partial charge on any atom is 0.307 e. The van der Waals surface area contributed by atoms with Crippen LogP contribution in [-0.2, 0) is 10.1 Å². The van der Waals surface area contributed by atoms with Gasteiger partial charge in [0.2, 0.25) is 0 Å². The Balaban J connectivity index is 3.38. The van der Waals surface area contributed by atoms with E-state index in [0.29, 0.717) is 16.7 Å². The van der Waals surface area contributed by atoms with Crippen LogP contribution in [0.3, 0.4) is 0 Å². The molecule has 1 aromatic rings. The van der Waals surface area contributed by atoms with Crippen LogP contribution in [0.5, 0.6) is 0 Å². The Hall–Kier alpha value is -0.530. The number of thiophene rings is 1. The second-order valence-electron chi connectivity index (χ2n) is 1.66. The average Bonchev–Trinajstić information content (AvgIpc) is 2.11. The van der Waals surface area contributed by atoms with Gasteiger partial charge in [-0.15, -0.1) is 11.3 Å². The summed E-state index contributed by atoms with van der Waals surface area (Å²) in [6.45, 7) is 0. The SMILES string of the molecule is O=S(=O)(O)c1scc(F)c1F. The van der Waals surface area contributed by atoms with Crippen LogP contribution in [0.4, 0.5) is 8.78 Å². The van der Waals surface area contributed by atoms with Gasteiger partial charge in [0, 0.05) is 5.38 Å². The van der Waals surface area contributed by atoms with E-state index in [2.05, 4.69) is 0 Å². The quantitative estimate of drug-likeness (QED) is 0.694. The van der Waals surface area contributed by atoms with Crippen molar-refractivity contribution >= 4 is 21.5 Å². The Morgan fingerprint density at radius 2 is 2.00 bits per heavy atom. The first-order chi connectivity index (χ1) is 4.93. The minimum atomic E-state index is -4.61. The van der Waals surface area contributed by atoms with Gasteiger partial charge < -0.3 is 0 Å². The predicted molar refractivity (Wildman–Crippen MR) is 34.0 cm³/mol. The molecule has 11 heavy (non-hydrogen) atoms. The molecule has 0 aliphatic rings. The van der Waals surface area contributed by atoms with E-state index in [-0.39, 0.29) is 0 Å². The normalized spacial score (nSPS) is 11.9. The summed E-state index contributed by atoms with van der Waals surface area (Å²) >= 11 is 0.295.